The molecule has 2 aliphatic heterocycles. The van der Waals surface area contributed by atoms with E-state index in [9.17, 15) is 9.59 Å². The first-order valence-corrected chi connectivity index (χ1v) is 10.6. The monoisotopic (exact) mass is 404 g/mol. The molecule has 0 radical (unpaired) electrons. The van der Waals surface area contributed by atoms with Gasteiger partial charge in [-0.2, -0.15) is 0 Å². The zero-order valence-electron chi connectivity index (χ0n) is 15.7. The fourth-order valence-electron chi connectivity index (χ4n) is 3.25. The molecule has 7 heteroatoms. The van der Waals surface area contributed by atoms with Gasteiger partial charge in [0.05, 0.1) is 16.2 Å². The van der Waals surface area contributed by atoms with E-state index >= 15 is 0 Å². The molecule has 1 saturated heterocycles. The maximum atomic E-state index is 13.1. The van der Waals surface area contributed by atoms with E-state index in [2.05, 4.69) is 6.92 Å². The van der Waals surface area contributed by atoms with Crippen molar-refractivity contribution < 1.29 is 14.3 Å². The first-order valence-electron chi connectivity index (χ1n) is 9.37. The van der Waals surface area contributed by atoms with Gasteiger partial charge >= 0.3 is 0 Å². The molecule has 0 atom stereocenters. The molecule has 144 valence electrons. The minimum absolute atomic E-state index is 0.0977. The van der Waals surface area contributed by atoms with Gasteiger partial charge in [-0.05, 0) is 25.8 Å². The summed E-state index contributed by atoms with van der Waals surface area (Å²) in [6.07, 6.45) is 2.64. The Kier molecular flexibility index (Phi) is 6.68. The Bertz CT molecular complexity index is 791. The van der Waals surface area contributed by atoms with Crippen LogP contribution in [0.3, 0.4) is 0 Å². The van der Waals surface area contributed by atoms with Crippen molar-refractivity contribution in [2.75, 3.05) is 31.2 Å². The number of fused-ring (bicyclic) bond motifs is 1. The summed E-state index contributed by atoms with van der Waals surface area (Å²) in [5.74, 6) is -0.267. The summed E-state index contributed by atoms with van der Waals surface area (Å²) in [6, 6.07) is 7.68. The van der Waals surface area contributed by atoms with Crippen molar-refractivity contribution in [2.45, 2.75) is 33.1 Å². The third-order valence-electron chi connectivity index (χ3n) is 4.61. The van der Waals surface area contributed by atoms with Crippen molar-refractivity contribution in [3.63, 3.8) is 0 Å². The molecule has 1 fully saturated rings. The maximum absolute atomic E-state index is 13.1. The smallest absolute Gasteiger partial charge is 0.267 e. The highest BCUT2D eigenvalue weighted by molar-refractivity contribution is 8.26. The van der Waals surface area contributed by atoms with Gasteiger partial charge < -0.3 is 9.64 Å². The third kappa shape index (κ3) is 3.95. The molecule has 3 rings (SSSR count). The Hall–Kier alpha value is -1.70. The van der Waals surface area contributed by atoms with Crippen LogP contribution in [0.1, 0.15) is 38.7 Å². The standard InChI is InChI=1S/C20H24N2O3S2/c1-3-5-11-21-15-10-7-6-9-14(15)16(18(21)23)17-19(24)22(20(26)27-17)12-8-13-25-4-2/h6-7,9-10H,3-5,8,11-13H2,1-2H3. The number of hydrogen-bond donors (Lipinski definition) is 0. The Labute approximate surface area is 169 Å². The fraction of sp³-hybridized carbons (Fsp3) is 0.450. The Morgan fingerprint density at radius 2 is 1.78 bits per heavy atom. The number of thioether (sulfide) groups is 1. The molecule has 0 spiro atoms. The highest BCUT2D eigenvalue weighted by Gasteiger charge is 2.41. The SMILES string of the molecule is CCCCN1C(=O)C(=C2SC(=S)N(CCCOCC)C2=O)c2ccccc21. The summed E-state index contributed by atoms with van der Waals surface area (Å²) in [7, 11) is 0. The number of hydrogen-bond acceptors (Lipinski definition) is 5. The van der Waals surface area contributed by atoms with Crippen LogP contribution in [0.25, 0.3) is 5.57 Å². The molecule has 5 nitrogen and oxygen atoms in total. The fourth-order valence-corrected chi connectivity index (χ4v) is 4.63. The van der Waals surface area contributed by atoms with Crippen LogP contribution in [0, 0.1) is 0 Å². The third-order valence-corrected chi connectivity index (χ3v) is 6.06. The number of nitrogens with zero attached hydrogens (tertiary/aromatic N) is 2. The van der Waals surface area contributed by atoms with Gasteiger partial charge in [0.25, 0.3) is 11.8 Å². The van der Waals surface area contributed by atoms with Crippen molar-refractivity contribution in [2.24, 2.45) is 0 Å². The van der Waals surface area contributed by atoms with Gasteiger partial charge in [0, 0.05) is 31.9 Å². The lowest BCUT2D eigenvalue weighted by molar-refractivity contribution is -0.122. The van der Waals surface area contributed by atoms with Crippen LogP contribution in [-0.4, -0.2) is 47.3 Å². The predicted molar refractivity (Wildman–Crippen MR) is 114 cm³/mol. The molecule has 0 bridgehead atoms. The lowest BCUT2D eigenvalue weighted by Gasteiger charge is -2.16. The van der Waals surface area contributed by atoms with Gasteiger partial charge in [-0.25, -0.2) is 0 Å². The molecule has 0 saturated carbocycles. The van der Waals surface area contributed by atoms with Gasteiger partial charge in [0.1, 0.15) is 4.32 Å². The van der Waals surface area contributed by atoms with Crippen LogP contribution in [0.2, 0.25) is 0 Å². The number of thiocarbonyl (C=S) groups is 1. The van der Waals surface area contributed by atoms with E-state index < -0.39 is 0 Å². The van der Waals surface area contributed by atoms with Crippen LogP contribution in [0.5, 0.6) is 0 Å². The number of anilines is 1. The summed E-state index contributed by atoms with van der Waals surface area (Å²) in [4.78, 5) is 30.0. The molecular weight excluding hydrogens is 380 g/mol. The van der Waals surface area contributed by atoms with Crippen LogP contribution in [0.15, 0.2) is 29.2 Å². The highest BCUT2D eigenvalue weighted by Crippen LogP contribution is 2.44. The second kappa shape index (κ2) is 8.99. The number of rotatable bonds is 8. The number of unbranched alkanes of at least 4 members (excludes halogenated alkanes) is 1. The van der Waals surface area contributed by atoms with E-state index in [4.69, 9.17) is 17.0 Å². The Balaban J connectivity index is 1.90. The number of para-hydroxylation sites is 1. The van der Waals surface area contributed by atoms with Crippen molar-refractivity contribution in [3.8, 4) is 0 Å². The average molecular weight is 405 g/mol. The van der Waals surface area contributed by atoms with E-state index in [-0.39, 0.29) is 11.8 Å². The Morgan fingerprint density at radius 3 is 2.52 bits per heavy atom. The van der Waals surface area contributed by atoms with Crippen LogP contribution < -0.4 is 4.90 Å². The number of amides is 2. The molecule has 0 unspecified atom stereocenters. The molecule has 1 aromatic carbocycles. The largest absolute Gasteiger partial charge is 0.382 e. The van der Waals surface area contributed by atoms with Crippen LogP contribution in [0.4, 0.5) is 5.69 Å². The normalized spacial score (nSPS) is 19.4. The summed E-state index contributed by atoms with van der Waals surface area (Å²) < 4.78 is 5.86. The van der Waals surface area contributed by atoms with Crippen molar-refractivity contribution >= 4 is 51.4 Å². The molecule has 27 heavy (non-hydrogen) atoms. The van der Waals surface area contributed by atoms with Gasteiger partial charge in [-0.1, -0.05) is 55.5 Å². The van der Waals surface area contributed by atoms with Crippen LogP contribution >= 0.6 is 24.0 Å². The Morgan fingerprint density at radius 1 is 1.04 bits per heavy atom. The van der Waals surface area contributed by atoms with Gasteiger partial charge in [0.2, 0.25) is 0 Å². The number of benzene rings is 1. The number of carbonyl (C=O) groups is 2. The summed E-state index contributed by atoms with van der Waals surface area (Å²) in [5, 5.41) is 0. The second-order valence-corrected chi connectivity index (χ2v) is 8.05. The lowest BCUT2D eigenvalue weighted by atomic mass is 10.1. The highest BCUT2D eigenvalue weighted by atomic mass is 32.2. The quantitative estimate of drug-likeness (QED) is 0.374. The van der Waals surface area contributed by atoms with Gasteiger partial charge in [-0.15, -0.1) is 0 Å². The van der Waals surface area contributed by atoms with Crippen LogP contribution in [-0.2, 0) is 14.3 Å². The zero-order valence-corrected chi connectivity index (χ0v) is 17.3. The maximum Gasteiger partial charge on any atom is 0.267 e. The van der Waals surface area contributed by atoms with Gasteiger partial charge in [-0.3, -0.25) is 14.5 Å². The lowest BCUT2D eigenvalue weighted by Crippen LogP contribution is -2.31. The van der Waals surface area contributed by atoms with E-state index in [0.717, 1.165) is 30.5 Å². The molecule has 2 heterocycles. The minimum atomic E-state index is -0.169. The first-order chi connectivity index (χ1) is 13.1. The van der Waals surface area contributed by atoms with Crippen molar-refractivity contribution in [1.29, 1.82) is 0 Å². The van der Waals surface area contributed by atoms with E-state index in [1.165, 1.54) is 11.8 Å². The second-order valence-electron chi connectivity index (χ2n) is 6.41. The van der Waals surface area contributed by atoms with E-state index in [1.807, 2.05) is 31.2 Å². The topological polar surface area (TPSA) is 49.9 Å². The van der Waals surface area contributed by atoms with Gasteiger partial charge in [0.15, 0.2) is 0 Å². The summed E-state index contributed by atoms with van der Waals surface area (Å²) >= 11 is 6.65. The minimum Gasteiger partial charge on any atom is -0.382 e. The first kappa shape index (κ1) is 20.0. The number of carbonyl (C=O) groups excluding carboxylic acids is 2. The molecule has 0 N–H and O–H groups in total. The number of ether oxygens (including phenoxy) is 1. The molecular formula is C20H24N2O3S2. The summed E-state index contributed by atoms with van der Waals surface area (Å²) in [6.45, 7) is 6.45. The predicted octanol–water partition coefficient (Wildman–Crippen LogP) is 3.83. The molecule has 0 aromatic heterocycles. The molecule has 2 aliphatic rings. The zero-order chi connectivity index (χ0) is 19.4. The average Bonchev–Trinajstić information content (AvgIpc) is 3.10. The van der Waals surface area contributed by atoms with E-state index in [1.54, 1.807) is 9.80 Å². The molecule has 1 aromatic rings. The van der Waals surface area contributed by atoms with Crippen molar-refractivity contribution in [1.82, 2.24) is 4.90 Å². The molecule has 2 amide bonds. The van der Waals surface area contributed by atoms with Crippen molar-refractivity contribution in [3.05, 3.63) is 34.7 Å². The molecule has 0 aliphatic carbocycles. The van der Waals surface area contributed by atoms with E-state index in [0.29, 0.717) is 41.1 Å². The summed E-state index contributed by atoms with van der Waals surface area (Å²) in [5.41, 5.74) is 2.20.